The number of allylic oxidation sites excluding steroid dienone is 10. The number of hydrogen-bond acceptors (Lipinski definition) is 1. The molecule has 0 amide bonds. The van der Waals surface area contributed by atoms with Gasteiger partial charge >= 0.3 is 6.18 Å². The molecular formula is C35H32Br2F4N2. The van der Waals surface area contributed by atoms with Gasteiger partial charge in [-0.3, -0.25) is 0 Å². The topological polar surface area (TPSA) is 7.65 Å². The van der Waals surface area contributed by atoms with Crippen LogP contribution in [0.15, 0.2) is 92.1 Å². The fraction of sp³-hybridized carbons (Fsp3) is 0.371. The largest absolute Gasteiger partial charge is 0.418 e. The van der Waals surface area contributed by atoms with E-state index in [1.165, 1.54) is 12.3 Å². The van der Waals surface area contributed by atoms with E-state index in [-0.39, 0.29) is 23.6 Å². The maximum Gasteiger partial charge on any atom is 0.418 e. The highest BCUT2D eigenvalue weighted by Crippen LogP contribution is 2.59. The number of halogens is 6. The fourth-order valence-corrected chi connectivity index (χ4v) is 8.69. The Hall–Kier alpha value is -2.58. The molecule has 8 heteroatoms. The third kappa shape index (κ3) is 4.37. The van der Waals surface area contributed by atoms with Crippen LogP contribution in [-0.2, 0) is 6.42 Å². The molecule has 7 rings (SSSR count). The van der Waals surface area contributed by atoms with Gasteiger partial charge in [0.2, 0.25) is 0 Å². The molecule has 1 saturated carbocycles. The average molecular weight is 716 g/mol. The molecule has 0 saturated heterocycles. The smallest absolute Gasteiger partial charge is 0.317 e. The summed E-state index contributed by atoms with van der Waals surface area (Å²) in [6.07, 6.45) is 13.3. The zero-order valence-corrected chi connectivity index (χ0v) is 27.4. The van der Waals surface area contributed by atoms with Gasteiger partial charge < -0.3 is 9.30 Å². The lowest BCUT2D eigenvalue weighted by Crippen LogP contribution is -2.49. The first-order valence-electron chi connectivity index (χ1n) is 15.0. The Bertz CT molecular complexity index is 1880. The van der Waals surface area contributed by atoms with Crippen LogP contribution < -0.4 is 10.6 Å². The number of nitrogens with zero attached hydrogens (tertiary/aromatic N) is 2. The standard InChI is InChI=1S/C35H32Br2F4N2/c1-4-19-13-25(19)26-16-31-24-11-9-22(38)15-28(24)34(5-2,6-3)33(43(31)18-29(26)35(39,40)41)32-27-14-20(36)7-10-23(27)30-12-8-21(37)17-42(30)32/h7-9,11-12,14-19,25,28H,4-6,10,13H2,1-3H3/b33-32-. The quantitative estimate of drug-likeness (QED) is 0.287. The van der Waals surface area contributed by atoms with Crippen molar-refractivity contribution in [3.63, 3.8) is 0 Å². The van der Waals surface area contributed by atoms with Crippen molar-refractivity contribution < 1.29 is 17.6 Å². The van der Waals surface area contributed by atoms with Gasteiger partial charge in [-0.15, -0.1) is 0 Å². The highest BCUT2D eigenvalue weighted by atomic mass is 79.9. The number of fused-ring (bicyclic) bond motifs is 5. The van der Waals surface area contributed by atoms with E-state index >= 15 is 4.39 Å². The number of hydrogen-bond donors (Lipinski definition) is 0. The van der Waals surface area contributed by atoms with Crippen molar-refractivity contribution in [1.29, 1.82) is 0 Å². The van der Waals surface area contributed by atoms with E-state index in [1.54, 1.807) is 18.2 Å². The highest BCUT2D eigenvalue weighted by Gasteiger charge is 2.53. The van der Waals surface area contributed by atoms with E-state index in [1.807, 2.05) is 24.1 Å². The summed E-state index contributed by atoms with van der Waals surface area (Å²) in [5.41, 5.74) is 3.63. The molecule has 0 N–H and O–H groups in total. The molecule has 0 radical (unpaired) electrons. The van der Waals surface area contributed by atoms with Crippen molar-refractivity contribution in [3.05, 3.63) is 108 Å². The first-order chi connectivity index (χ1) is 20.5. The van der Waals surface area contributed by atoms with Gasteiger partial charge in [-0.25, -0.2) is 4.39 Å². The second-order valence-corrected chi connectivity index (χ2v) is 14.0. The van der Waals surface area contributed by atoms with Crippen molar-refractivity contribution >= 4 is 49.1 Å². The lowest BCUT2D eigenvalue weighted by Gasteiger charge is -2.51. The van der Waals surface area contributed by atoms with Crippen LogP contribution in [0.5, 0.6) is 0 Å². The number of aromatic nitrogens is 1. The van der Waals surface area contributed by atoms with Crippen LogP contribution in [-0.4, -0.2) is 15.5 Å². The number of pyridine rings is 1. The molecule has 0 spiro atoms. The van der Waals surface area contributed by atoms with E-state index in [0.29, 0.717) is 30.5 Å². The van der Waals surface area contributed by atoms with Gasteiger partial charge in [0, 0.05) is 49.1 Å². The Kier molecular flexibility index (Phi) is 6.93. The molecular weight excluding hydrogens is 684 g/mol. The maximum atomic E-state index is 15.1. The third-order valence-electron chi connectivity index (χ3n) is 10.3. The summed E-state index contributed by atoms with van der Waals surface area (Å²) in [6.45, 7) is 6.19. The van der Waals surface area contributed by atoms with Gasteiger partial charge in [0.1, 0.15) is 5.83 Å². The van der Waals surface area contributed by atoms with E-state index in [0.717, 1.165) is 54.7 Å². The maximum absolute atomic E-state index is 15.1. The molecule has 224 valence electrons. The van der Waals surface area contributed by atoms with E-state index < -0.39 is 17.2 Å². The van der Waals surface area contributed by atoms with Gasteiger partial charge in [-0.2, -0.15) is 13.2 Å². The summed E-state index contributed by atoms with van der Waals surface area (Å²) in [5.74, 6) is -0.509. The summed E-state index contributed by atoms with van der Waals surface area (Å²) in [6, 6.07) is 4.06. The lowest BCUT2D eigenvalue weighted by atomic mass is 9.61. The molecule has 3 atom stereocenters. The minimum atomic E-state index is -4.51. The predicted octanol–water partition coefficient (Wildman–Crippen LogP) is 9.27. The normalized spacial score (nSPS) is 27.1. The van der Waals surface area contributed by atoms with E-state index in [9.17, 15) is 13.2 Å². The van der Waals surface area contributed by atoms with Crippen LogP contribution in [0.25, 0.3) is 17.3 Å². The first kappa shape index (κ1) is 29.1. The number of alkyl halides is 3. The van der Waals surface area contributed by atoms with E-state index in [4.69, 9.17) is 0 Å². The predicted molar refractivity (Wildman–Crippen MR) is 171 cm³/mol. The fourth-order valence-electron chi connectivity index (χ4n) is 7.96. The van der Waals surface area contributed by atoms with Crippen molar-refractivity contribution in [2.45, 2.75) is 59.1 Å². The summed E-state index contributed by atoms with van der Waals surface area (Å²) >= 11 is 7.32. The zero-order chi connectivity index (χ0) is 30.4. The van der Waals surface area contributed by atoms with Crippen LogP contribution in [0.2, 0.25) is 0 Å². The SMILES string of the molecule is CCC1CC1C1=CC2=C3C=CC(F)=CC3C(CC)(CC)/C(=c3\c4c(c5ccc(Br)cn35)CC=C(Br)C=4)N2C=C1C(F)(F)F. The van der Waals surface area contributed by atoms with Gasteiger partial charge in [-0.1, -0.05) is 55.3 Å². The highest BCUT2D eigenvalue weighted by molar-refractivity contribution is 9.12. The molecule has 0 aromatic carbocycles. The summed E-state index contributed by atoms with van der Waals surface area (Å²) < 4.78 is 63.9. The molecule has 0 bridgehead atoms. The van der Waals surface area contributed by atoms with Crippen molar-refractivity contribution in [3.8, 4) is 0 Å². The molecule has 43 heavy (non-hydrogen) atoms. The van der Waals surface area contributed by atoms with Gasteiger partial charge in [0.05, 0.1) is 16.6 Å². The van der Waals surface area contributed by atoms with Gasteiger partial charge in [0.25, 0.3) is 0 Å². The Morgan fingerprint density at radius 3 is 2.49 bits per heavy atom. The molecule has 3 unspecified atom stereocenters. The van der Waals surface area contributed by atoms with E-state index in [2.05, 4.69) is 68.3 Å². The van der Waals surface area contributed by atoms with Crippen LogP contribution in [0.1, 0.15) is 52.0 Å². The molecule has 3 aliphatic carbocycles. The Balaban J connectivity index is 1.68. The lowest BCUT2D eigenvalue weighted by molar-refractivity contribution is -0.0909. The molecule has 1 fully saturated rings. The second kappa shape index (κ2) is 10.2. The van der Waals surface area contributed by atoms with Gasteiger partial charge in [0.15, 0.2) is 0 Å². The monoisotopic (exact) mass is 714 g/mol. The third-order valence-corrected chi connectivity index (χ3v) is 11.3. The minimum Gasteiger partial charge on any atom is -0.317 e. The van der Waals surface area contributed by atoms with Crippen molar-refractivity contribution in [1.82, 2.24) is 9.30 Å². The van der Waals surface area contributed by atoms with Gasteiger partial charge in [-0.05, 0) is 107 Å². The first-order valence-corrected chi connectivity index (χ1v) is 16.6. The van der Waals surface area contributed by atoms with Crippen molar-refractivity contribution in [2.24, 2.45) is 23.2 Å². The molecule has 2 aliphatic heterocycles. The van der Waals surface area contributed by atoms with Crippen LogP contribution >= 0.6 is 31.9 Å². The Morgan fingerprint density at radius 1 is 1.05 bits per heavy atom. The minimum absolute atomic E-state index is 0.119. The molecule has 4 heterocycles. The molecule has 2 nitrogen and oxygen atoms in total. The molecule has 2 aromatic rings. The Labute approximate surface area is 265 Å². The van der Waals surface area contributed by atoms with Crippen molar-refractivity contribution in [2.75, 3.05) is 0 Å². The summed E-state index contributed by atoms with van der Waals surface area (Å²) in [7, 11) is 0. The summed E-state index contributed by atoms with van der Waals surface area (Å²) in [4.78, 5) is 1.82. The zero-order valence-electron chi connectivity index (χ0n) is 24.2. The molecule has 5 aliphatic rings. The average Bonchev–Trinajstić information content (AvgIpc) is 3.71. The summed E-state index contributed by atoms with van der Waals surface area (Å²) in [5, 5.41) is 1.84. The second-order valence-electron chi connectivity index (χ2n) is 12.2. The van der Waals surface area contributed by atoms with Crippen LogP contribution in [0.4, 0.5) is 17.6 Å². The van der Waals surface area contributed by atoms with Crippen LogP contribution in [0.3, 0.4) is 0 Å². The number of rotatable bonds is 4. The Morgan fingerprint density at radius 2 is 1.81 bits per heavy atom. The van der Waals surface area contributed by atoms with Crippen LogP contribution in [0, 0.1) is 23.2 Å². The molecule has 2 aromatic heterocycles.